The van der Waals surface area contributed by atoms with Crippen LogP contribution in [0.5, 0.6) is 0 Å². The van der Waals surface area contributed by atoms with E-state index in [4.69, 9.17) is 11.0 Å². The Bertz CT molecular complexity index is 374. The summed E-state index contributed by atoms with van der Waals surface area (Å²) in [4.78, 5) is 2.50. The van der Waals surface area contributed by atoms with Gasteiger partial charge in [-0.05, 0) is 30.9 Å². The number of thiophene rings is 1. The van der Waals surface area contributed by atoms with Gasteiger partial charge in [0.2, 0.25) is 0 Å². The summed E-state index contributed by atoms with van der Waals surface area (Å²) in [5, 5.41) is 8.44. The molecule has 0 saturated heterocycles. The molecule has 0 atom stereocenters. The molecule has 1 aliphatic rings. The summed E-state index contributed by atoms with van der Waals surface area (Å²) in [6.07, 6.45) is 5.02. The van der Waals surface area contributed by atoms with Gasteiger partial charge in [-0.25, -0.2) is 0 Å². The van der Waals surface area contributed by atoms with Gasteiger partial charge in [-0.1, -0.05) is 0 Å². The van der Waals surface area contributed by atoms with Gasteiger partial charge in [-0.15, -0.1) is 11.3 Å². The maximum absolute atomic E-state index is 8.44. The fourth-order valence-corrected chi connectivity index (χ4v) is 2.79. The van der Waals surface area contributed by atoms with E-state index in [-0.39, 0.29) is 0 Å². The summed E-state index contributed by atoms with van der Waals surface area (Å²) in [6.45, 7) is 0. The zero-order valence-electron chi connectivity index (χ0n) is 7.21. The highest BCUT2D eigenvalue weighted by atomic mass is 32.1. The number of hydrogen-bond donors (Lipinski definition) is 1. The molecule has 1 aromatic rings. The Hall–Kier alpha value is -1.27. The average Bonchev–Trinajstić information content (AvgIpc) is 2.61. The molecule has 2 N–H and O–H groups in total. The SMILES string of the molecule is N#CC=C(N)c1cc2c(s1)CCC2. The summed E-state index contributed by atoms with van der Waals surface area (Å²) in [7, 11) is 0. The molecular weight excluding hydrogens is 180 g/mol. The van der Waals surface area contributed by atoms with Crippen LogP contribution in [0.2, 0.25) is 0 Å². The molecule has 0 unspecified atom stereocenters. The fourth-order valence-electron chi connectivity index (χ4n) is 1.61. The number of aryl methyl sites for hydroxylation is 2. The second-order valence-corrected chi connectivity index (χ2v) is 4.28. The van der Waals surface area contributed by atoms with E-state index in [0.29, 0.717) is 5.70 Å². The van der Waals surface area contributed by atoms with Gasteiger partial charge < -0.3 is 5.73 Å². The molecule has 1 heterocycles. The largest absolute Gasteiger partial charge is 0.397 e. The van der Waals surface area contributed by atoms with E-state index in [9.17, 15) is 0 Å². The lowest BCUT2D eigenvalue weighted by Crippen LogP contribution is -1.92. The van der Waals surface area contributed by atoms with E-state index < -0.39 is 0 Å². The highest BCUT2D eigenvalue weighted by molar-refractivity contribution is 7.13. The zero-order chi connectivity index (χ0) is 9.26. The first-order valence-electron chi connectivity index (χ1n) is 4.28. The van der Waals surface area contributed by atoms with Crippen LogP contribution in [-0.4, -0.2) is 0 Å². The van der Waals surface area contributed by atoms with Crippen molar-refractivity contribution in [2.45, 2.75) is 19.3 Å². The predicted octanol–water partition coefficient (Wildman–Crippen LogP) is 2.06. The van der Waals surface area contributed by atoms with Gasteiger partial charge in [0, 0.05) is 11.0 Å². The van der Waals surface area contributed by atoms with Gasteiger partial charge in [-0.3, -0.25) is 0 Å². The molecular formula is C10H10N2S. The van der Waals surface area contributed by atoms with Gasteiger partial charge in [0.15, 0.2) is 0 Å². The van der Waals surface area contributed by atoms with E-state index in [2.05, 4.69) is 6.07 Å². The minimum Gasteiger partial charge on any atom is -0.397 e. The van der Waals surface area contributed by atoms with E-state index in [1.807, 2.05) is 6.07 Å². The minimum atomic E-state index is 0.599. The lowest BCUT2D eigenvalue weighted by atomic mass is 10.2. The van der Waals surface area contributed by atoms with Gasteiger partial charge in [0.05, 0.1) is 16.6 Å². The fraction of sp³-hybridized carbons (Fsp3) is 0.300. The lowest BCUT2D eigenvalue weighted by Gasteiger charge is -1.92. The molecule has 0 aromatic carbocycles. The Kier molecular flexibility index (Phi) is 2.07. The molecule has 2 nitrogen and oxygen atoms in total. The molecule has 0 amide bonds. The molecule has 1 aliphatic carbocycles. The van der Waals surface area contributed by atoms with Crippen molar-refractivity contribution >= 4 is 17.0 Å². The van der Waals surface area contributed by atoms with Crippen LogP contribution >= 0.6 is 11.3 Å². The number of fused-ring (bicyclic) bond motifs is 1. The number of nitrogens with zero attached hydrogens (tertiary/aromatic N) is 1. The number of hydrogen-bond acceptors (Lipinski definition) is 3. The van der Waals surface area contributed by atoms with Gasteiger partial charge in [0.25, 0.3) is 0 Å². The molecule has 0 bridgehead atoms. The molecule has 0 aliphatic heterocycles. The number of allylic oxidation sites excluding steroid dienone is 1. The second kappa shape index (κ2) is 3.23. The van der Waals surface area contributed by atoms with Crippen LogP contribution in [0.4, 0.5) is 0 Å². The Balaban J connectivity index is 2.34. The molecule has 1 aromatic heterocycles. The monoisotopic (exact) mass is 190 g/mol. The van der Waals surface area contributed by atoms with Crippen molar-refractivity contribution in [1.82, 2.24) is 0 Å². The van der Waals surface area contributed by atoms with Crippen LogP contribution < -0.4 is 5.73 Å². The van der Waals surface area contributed by atoms with Crippen LogP contribution in [-0.2, 0) is 12.8 Å². The lowest BCUT2D eigenvalue weighted by molar-refractivity contribution is 0.914. The quantitative estimate of drug-likeness (QED) is 0.689. The molecule has 0 saturated carbocycles. The number of rotatable bonds is 1. The van der Waals surface area contributed by atoms with E-state index in [0.717, 1.165) is 4.88 Å². The smallest absolute Gasteiger partial charge is 0.0934 e. The Morgan fingerprint density at radius 2 is 2.46 bits per heavy atom. The first-order valence-corrected chi connectivity index (χ1v) is 5.10. The van der Waals surface area contributed by atoms with Crippen molar-refractivity contribution in [1.29, 1.82) is 5.26 Å². The molecule has 13 heavy (non-hydrogen) atoms. The van der Waals surface area contributed by atoms with Crippen LogP contribution in [0, 0.1) is 11.3 Å². The first-order chi connectivity index (χ1) is 6.31. The predicted molar refractivity (Wildman–Crippen MR) is 54.1 cm³/mol. The summed E-state index contributed by atoms with van der Waals surface area (Å²) < 4.78 is 0. The van der Waals surface area contributed by atoms with Crippen molar-refractivity contribution < 1.29 is 0 Å². The van der Waals surface area contributed by atoms with E-state index in [1.165, 1.54) is 35.8 Å². The maximum Gasteiger partial charge on any atom is 0.0934 e. The Labute approximate surface area is 81.3 Å². The van der Waals surface area contributed by atoms with Gasteiger partial charge >= 0.3 is 0 Å². The first kappa shape index (κ1) is 8.33. The molecule has 2 rings (SSSR count). The highest BCUT2D eigenvalue weighted by Crippen LogP contribution is 2.32. The maximum atomic E-state index is 8.44. The van der Waals surface area contributed by atoms with Crippen LogP contribution in [0.3, 0.4) is 0 Å². The summed E-state index contributed by atoms with van der Waals surface area (Å²) in [5.41, 5.74) is 7.74. The van der Waals surface area contributed by atoms with Crippen LogP contribution in [0.25, 0.3) is 5.70 Å². The molecule has 0 radical (unpaired) electrons. The third kappa shape index (κ3) is 1.45. The highest BCUT2D eigenvalue weighted by Gasteiger charge is 2.15. The van der Waals surface area contributed by atoms with E-state index in [1.54, 1.807) is 11.3 Å². The van der Waals surface area contributed by atoms with E-state index >= 15 is 0 Å². The van der Waals surface area contributed by atoms with Crippen molar-refractivity contribution in [3.63, 3.8) is 0 Å². The van der Waals surface area contributed by atoms with Crippen molar-refractivity contribution in [3.05, 3.63) is 27.5 Å². The summed E-state index contributed by atoms with van der Waals surface area (Å²) >= 11 is 1.73. The average molecular weight is 190 g/mol. The normalized spacial score (nSPS) is 15.5. The Morgan fingerprint density at radius 3 is 3.15 bits per heavy atom. The summed E-state index contributed by atoms with van der Waals surface area (Å²) in [5.74, 6) is 0. The minimum absolute atomic E-state index is 0.599. The van der Waals surface area contributed by atoms with Crippen molar-refractivity contribution in [2.75, 3.05) is 0 Å². The standard InChI is InChI=1S/C10H10N2S/c11-5-4-8(12)10-6-7-2-1-3-9(7)13-10/h4,6H,1-3,12H2. The van der Waals surface area contributed by atoms with Crippen LogP contribution in [0.1, 0.15) is 21.7 Å². The summed E-state index contributed by atoms with van der Waals surface area (Å²) in [6, 6.07) is 4.07. The third-order valence-electron chi connectivity index (χ3n) is 2.25. The van der Waals surface area contributed by atoms with Crippen molar-refractivity contribution in [3.8, 4) is 6.07 Å². The zero-order valence-corrected chi connectivity index (χ0v) is 8.03. The van der Waals surface area contributed by atoms with Gasteiger partial charge in [-0.2, -0.15) is 5.26 Å². The molecule has 0 fully saturated rings. The van der Waals surface area contributed by atoms with Crippen molar-refractivity contribution in [2.24, 2.45) is 5.73 Å². The second-order valence-electron chi connectivity index (χ2n) is 3.14. The number of nitrogens with two attached hydrogens (primary N) is 1. The van der Waals surface area contributed by atoms with Gasteiger partial charge in [0.1, 0.15) is 0 Å². The Morgan fingerprint density at radius 1 is 1.62 bits per heavy atom. The topological polar surface area (TPSA) is 49.8 Å². The third-order valence-corrected chi connectivity index (χ3v) is 3.54. The molecule has 3 heteroatoms. The molecule has 0 spiro atoms. The van der Waals surface area contributed by atoms with Crippen LogP contribution in [0.15, 0.2) is 12.1 Å². The number of nitriles is 1. The molecule has 66 valence electrons.